The van der Waals surface area contributed by atoms with Gasteiger partial charge >= 0.3 is 0 Å². The Morgan fingerprint density at radius 2 is 1.72 bits per heavy atom. The monoisotopic (exact) mass is 967 g/mol. The number of anilines is 1. The third kappa shape index (κ3) is 12.7. The minimum absolute atomic E-state index is 0.00747. The van der Waals surface area contributed by atoms with E-state index in [9.17, 15) is 44.1 Å². The number of Topliss-reactive ketones (excluding diaryl/α,β-unsaturated/α-hetero) is 1. The van der Waals surface area contributed by atoms with Gasteiger partial charge in [-0.05, 0) is 119 Å². The number of amides is 4. The number of piperidine rings is 1. The number of thioether (sulfide) groups is 1. The van der Waals surface area contributed by atoms with E-state index < -0.39 is 41.3 Å². The van der Waals surface area contributed by atoms with Crippen molar-refractivity contribution in [3.05, 3.63) is 94.8 Å². The van der Waals surface area contributed by atoms with Crippen LogP contribution in [0.1, 0.15) is 123 Å². The largest absolute Gasteiger partial charge is 0.460 e. The fraction of sp³-hybridized carbons (Fsp3) is 0.528. The fourth-order valence-electron chi connectivity index (χ4n) is 9.94. The average molecular weight is 968 g/mol. The molecular formula is C53H67N4O11S+. The Labute approximate surface area is 408 Å². The van der Waals surface area contributed by atoms with Crippen molar-refractivity contribution in [3.63, 3.8) is 0 Å². The highest BCUT2D eigenvalue weighted by atomic mass is 32.2. The Hall–Kier alpha value is -5.26. The van der Waals surface area contributed by atoms with Gasteiger partial charge in [0, 0.05) is 61.5 Å². The molecule has 2 aromatic carbocycles. The lowest BCUT2D eigenvalue weighted by atomic mass is 9.71. The summed E-state index contributed by atoms with van der Waals surface area (Å²) in [6.07, 6.45) is 11.5. The number of aromatic nitrogens is 1. The van der Waals surface area contributed by atoms with Crippen LogP contribution in [-0.4, -0.2) is 122 Å². The van der Waals surface area contributed by atoms with Crippen LogP contribution in [0.4, 0.5) is 5.69 Å². The summed E-state index contributed by atoms with van der Waals surface area (Å²) in [4.78, 5) is 82.1. The summed E-state index contributed by atoms with van der Waals surface area (Å²) in [5, 5.41) is 33.4. The van der Waals surface area contributed by atoms with Gasteiger partial charge in [0.05, 0.1) is 17.5 Å². The first-order chi connectivity index (χ1) is 33.1. The number of ether oxygens (including phenoxy) is 2. The SMILES string of the molecule is CSC1CC(=O)N(C2(C(=O)CCCC(=O)Nc3cc(C[n+]4cccc(/C=C/C(=O)CCCCCC5CCN(C(=O)c6cccc(C)c6)CC5)c4)cc(C)c3OC3OCC(O)[C@H](O)[C@@H]3O)CCC2)C1=O. The second kappa shape index (κ2) is 23.6. The van der Waals surface area contributed by atoms with Crippen molar-refractivity contribution in [1.29, 1.82) is 0 Å². The summed E-state index contributed by atoms with van der Waals surface area (Å²) in [6, 6.07) is 15.2. The third-order valence-electron chi connectivity index (χ3n) is 14.0. The Bertz CT molecular complexity index is 2400. The molecule has 4 amide bonds. The molecule has 69 heavy (non-hydrogen) atoms. The molecule has 3 aromatic rings. The molecule has 4 N–H and O–H groups in total. The van der Waals surface area contributed by atoms with Crippen LogP contribution in [-0.2, 0) is 35.3 Å². The highest BCUT2D eigenvalue weighted by Gasteiger charge is 2.56. The number of unbranched alkanes of at least 4 members (excludes halogenated alkanes) is 2. The van der Waals surface area contributed by atoms with Gasteiger partial charge in [-0.3, -0.25) is 33.7 Å². The number of nitrogens with one attached hydrogen (secondary N) is 1. The van der Waals surface area contributed by atoms with E-state index in [1.54, 1.807) is 31.4 Å². The molecule has 3 aliphatic heterocycles. The number of hydrogen-bond acceptors (Lipinski definition) is 12. The standard InChI is InChI=1S/C53H66N4O11S/c1-34-11-7-14-39(27-34)50(65)56-25-20-36(21-26-56)12-5-4-6-15-40(58)19-18-37-13-9-24-55(31-37)32-38-28-35(2)49(68-52-48(64)47(63)42(59)33-67-52)41(29-38)54-45(61)17-8-16-44(60)53(22-10-23-53)57-46(62)30-43(69-3)51(57)66/h7,9,11,13-14,18-19,24,27-29,31,36,42-43,47-48,52,59,63-64H,4-6,8,10,12,15-17,20-23,25-26,30,32-33H2,1-3H3/p+1/b19-18+/t42?,43?,47-,48-,52?/m0/s1. The van der Waals surface area contributed by atoms with Crippen LogP contribution in [0.2, 0.25) is 0 Å². The van der Waals surface area contributed by atoms with Crippen molar-refractivity contribution in [3.8, 4) is 5.75 Å². The number of benzene rings is 2. The summed E-state index contributed by atoms with van der Waals surface area (Å²) in [5.74, 6) is -0.340. The molecule has 3 saturated heterocycles. The Morgan fingerprint density at radius 1 is 0.942 bits per heavy atom. The molecule has 4 heterocycles. The molecule has 5 atom stereocenters. The molecule has 4 fully saturated rings. The van der Waals surface area contributed by atoms with Gasteiger partial charge in [0.15, 0.2) is 30.5 Å². The van der Waals surface area contributed by atoms with Gasteiger partial charge in [0.25, 0.3) is 5.91 Å². The first-order valence-electron chi connectivity index (χ1n) is 24.4. The number of aryl methyl sites for hydroxylation is 2. The topological polar surface area (TPSA) is 204 Å². The van der Waals surface area contributed by atoms with Gasteiger partial charge in [0.1, 0.15) is 29.6 Å². The van der Waals surface area contributed by atoms with Crippen molar-refractivity contribution in [2.75, 3.05) is 31.3 Å². The maximum absolute atomic E-state index is 13.6. The molecule has 370 valence electrons. The molecule has 4 aliphatic rings. The molecule has 16 heteroatoms. The van der Waals surface area contributed by atoms with E-state index in [0.717, 1.165) is 80.3 Å². The number of rotatable bonds is 21. The van der Waals surface area contributed by atoms with Crippen LogP contribution in [0.15, 0.2) is 67.0 Å². The smallest absolute Gasteiger partial charge is 0.253 e. The molecule has 1 aliphatic carbocycles. The zero-order valence-electron chi connectivity index (χ0n) is 40.0. The van der Waals surface area contributed by atoms with Crippen LogP contribution >= 0.6 is 11.8 Å². The first-order valence-corrected chi connectivity index (χ1v) is 25.7. The molecule has 0 bridgehead atoms. The number of nitrogens with zero attached hydrogens (tertiary/aromatic N) is 3. The number of ketones is 2. The minimum atomic E-state index is -1.58. The van der Waals surface area contributed by atoms with Crippen molar-refractivity contribution < 1.29 is 58.1 Å². The number of hydrogen-bond donors (Lipinski definition) is 4. The van der Waals surface area contributed by atoms with Crippen LogP contribution < -0.4 is 14.6 Å². The van der Waals surface area contributed by atoms with Crippen molar-refractivity contribution >= 4 is 58.7 Å². The Kier molecular flexibility index (Phi) is 17.6. The van der Waals surface area contributed by atoms with E-state index in [-0.39, 0.29) is 73.0 Å². The average Bonchev–Trinajstić information content (AvgIpc) is 3.60. The fourth-order valence-corrected chi connectivity index (χ4v) is 10.6. The number of likely N-dealkylation sites (tertiary alicyclic amines) is 2. The number of allylic oxidation sites excluding steroid dienone is 1. The van der Waals surface area contributed by atoms with Crippen LogP contribution in [0.25, 0.3) is 6.08 Å². The molecule has 0 radical (unpaired) electrons. The normalized spacial score (nSPS) is 22.7. The Morgan fingerprint density at radius 3 is 2.43 bits per heavy atom. The molecular weight excluding hydrogens is 901 g/mol. The summed E-state index contributed by atoms with van der Waals surface area (Å²) >= 11 is 1.30. The zero-order valence-corrected chi connectivity index (χ0v) is 40.8. The summed E-state index contributed by atoms with van der Waals surface area (Å²) in [5.41, 5.74) is 3.16. The van der Waals surface area contributed by atoms with Gasteiger partial charge in [-0.25, -0.2) is 4.57 Å². The van der Waals surface area contributed by atoms with Gasteiger partial charge in [-0.1, -0.05) is 37.0 Å². The lowest BCUT2D eigenvalue weighted by Crippen LogP contribution is -2.61. The quantitative estimate of drug-likeness (QED) is 0.0444. The number of carbonyl (C=O) groups excluding carboxylic acids is 6. The highest BCUT2D eigenvalue weighted by Crippen LogP contribution is 2.44. The molecule has 1 saturated carbocycles. The maximum Gasteiger partial charge on any atom is 0.253 e. The van der Waals surface area contributed by atoms with Crippen LogP contribution in [0, 0.1) is 19.8 Å². The van der Waals surface area contributed by atoms with E-state index in [2.05, 4.69) is 5.32 Å². The predicted octanol–water partition coefficient (Wildman–Crippen LogP) is 5.63. The third-order valence-corrected chi connectivity index (χ3v) is 15.0. The van der Waals surface area contributed by atoms with Gasteiger partial charge in [0.2, 0.25) is 24.0 Å². The molecule has 1 aromatic heterocycles. The summed E-state index contributed by atoms with van der Waals surface area (Å²) < 4.78 is 13.6. The van der Waals surface area contributed by atoms with Gasteiger partial charge in [-0.15, -0.1) is 0 Å². The van der Waals surface area contributed by atoms with Crippen LogP contribution in [0.3, 0.4) is 0 Å². The number of carbonyl (C=O) groups is 6. The van der Waals surface area contributed by atoms with Crippen molar-refractivity contribution in [2.45, 2.75) is 146 Å². The number of aliphatic hydroxyl groups is 3. The second-order valence-electron chi connectivity index (χ2n) is 19.2. The molecule has 15 nitrogen and oxygen atoms in total. The number of aliphatic hydroxyl groups excluding tert-OH is 3. The second-order valence-corrected chi connectivity index (χ2v) is 20.2. The van der Waals surface area contributed by atoms with Crippen LogP contribution in [0.5, 0.6) is 5.75 Å². The zero-order chi connectivity index (χ0) is 49.2. The Balaban J connectivity index is 0.915. The summed E-state index contributed by atoms with van der Waals surface area (Å²) in [6.45, 7) is 5.42. The van der Waals surface area contributed by atoms with Crippen molar-refractivity contribution in [2.24, 2.45) is 5.92 Å². The summed E-state index contributed by atoms with van der Waals surface area (Å²) in [7, 11) is 0. The van der Waals surface area contributed by atoms with E-state index in [4.69, 9.17) is 9.47 Å². The van der Waals surface area contributed by atoms with E-state index >= 15 is 0 Å². The number of pyridine rings is 1. The van der Waals surface area contributed by atoms with E-state index in [0.29, 0.717) is 37.3 Å². The van der Waals surface area contributed by atoms with Gasteiger partial charge in [-0.2, -0.15) is 11.8 Å². The van der Waals surface area contributed by atoms with E-state index in [1.165, 1.54) is 16.7 Å². The molecule has 3 unspecified atom stereocenters. The van der Waals surface area contributed by atoms with Gasteiger partial charge < -0.3 is 35.0 Å². The molecule has 0 spiro atoms. The molecule has 7 rings (SSSR count). The number of imide groups is 1. The predicted molar refractivity (Wildman–Crippen MR) is 260 cm³/mol. The highest BCUT2D eigenvalue weighted by molar-refractivity contribution is 8.00. The van der Waals surface area contributed by atoms with Crippen molar-refractivity contribution in [1.82, 2.24) is 9.80 Å². The maximum atomic E-state index is 13.6. The first kappa shape index (κ1) is 51.6. The lowest BCUT2D eigenvalue weighted by Gasteiger charge is -2.46. The van der Waals surface area contributed by atoms with E-state index in [1.807, 2.05) is 71.2 Å². The lowest BCUT2D eigenvalue weighted by molar-refractivity contribution is -0.688. The minimum Gasteiger partial charge on any atom is -0.460 e.